The van der Waals surface area contributed by atoms with Gasteiger partial charge in [-0.15, -0.1) is 0 Å². The van der Waals surface area contributed by atoms with E-state index in [4.69, 9.17) is 4.84 Å². The zero-order valence-electron chi connectivity index (χ0n) is 14.0. The van der Waals surface area contributed by atoms with Crippen molar-refractivity contribution in [2.24, 2.45) is 10.1 Å². The molecule has 4 nitrogen and oxygen atoms in total. The molecule has 2 aromatic rings. The van der Waals surface area contributed by atoms with Crippen LogP contribution < -0.4 is 5.32 Å². The number of hydrogen-bond donors (Lipinski definition) is 1. The average Bonchev–Trinajstić information content (AvgIpc) is 3.27. The van der Waals surface area contributed by atoms with Gasteiger partial charge in [0.15, 0.2) is 6.10 Å². The van der Waals surface area contributed by atoms with Crippen LogP contribution in [0.3, 0.4) is 0 Å². The van der Waals surface area contributed by atoms with Crippen molar-refractivity contribution in [2.45, 2.75) is 26.4 Å². The Morgan fingerprint density at radius 2 is 1.83 bits per heavy atom. The van der Waals surface area contributed by atoms with E-state index in [0.717, 1.165) is 42.2 Å². The van der Waals surface area contributed by atoms with Gasteiger partial charge in [-0.3, -0.25) is 4.99 Å². The van der Waals surface area contributed by atoms with Crippen LogP contribution >= 0.6 is 0 Å². The van der Waals surface area contributed by atoms with Crippen molar-refractivity contribution in [1.29, 1.82) is 0 Å². The largest absolute Gasteiger partial charge is 0.387 e. The summed E-state index contributed by atoms with van der Waals surface area (Å²) < 4.78 is 0. The molecule has 2 heterocycles. The van der Waals surface area contributed by atoms with Gasteiger partial charge in [0.25, 0.3) is 0 Å². The Morgan fingerprint density at radius 3 is 2.54 bits per heavy atom. The number of benzene rings is 2. The van der Waals surface area contributed by atoms with E-state index in [1.165, 1.54) is 16.7 Å². The molecule has 0 saturated heterocycles. The highest BCUT2D eigenvalue weighted by Gasteiger charge is 2.25. The Morgan fingerprint density at radius 1 is 1.04 bits per heavy atom. The third kappa shape index (κ3) is 2.80. The number of amidine groups is 1. The fourth-order valence-corrected chi connectivity index (χ4v) is 3.31. The third-order valence-electron chi connectivity index (χ3n) is 4.61. The highest BCUT2D eigenvalue weighted by Crippen LogP contribution is 2.31. The van der Waals surface area contributed by atoms with Gasteiger partial charge in [-0.05, 0) is 30.5 Å². The fraction of sp³-hybridized carbons (Fsp3) is 0.300. The SMILES string of the molecule is Cc1ccc(C2CC(c3ccc(C4=NCCN4)cc3)=NO2)c(C)c1. The van der Waals surface area contributed by atoms with Crippen molar-refractivity contribution in [3.63, 3.8) is 0 Å². The monoisotopic (exact) mass is 319 g/mol. The number of hydrogen-bond acceptors (Lipinski definition) is 4. The van der Waals surface area contributed by atoms with Gasteiger partial charge in [0.2, 0.25) is 0 Å². The van der Waals surface area contributed by atoms with E-state index in [1.54, 1.807) is 0 Å². The Bertz CT molecular complexity index is 821. The zero-order chi connectivity index (χ0) is 16.5. The van der Waals surface area contributed by atoms with Gasteiger partial charge in [-0.2, -0.15) is 0 Å². The molecule has 1 N–H and O–H groups in total. The molecular formula is C20H21N3O. The van der Waals surface area contributed by atoms with E-state index in [2.05, 4.69) is 71.8 Å². The minimum Gasteiger partial charge on any atom is -0.387 e. The highest BCUT2D eigenvalue weighted by atomic mass is 16.6. The molecule has 0 fully saturated rings. The van der Waals surface area contributed by atoms with E-state index in [0.29, 0.717) is 0 Å². The van der Waals surface area contributed by atoms with Gasteiger partial charge in [-0.1, -0.05) is 53.2 Å². The van der Waals surface area contributed by atoms with Crippen LogP contribution in [0.2, 0.25) is 0 Å². The van der Waals surface area contributed by atoms with Crippen LogP contribution in [0.25, 0.3) is 0 Å². The van der Waals surface area contributed by atoms with Gasteiger partial charge in [0.05, 0.1) is 12.3 Å². The van der Waals surface area contributed by atoms with Crippen molar-refractivity contribution in [1.82, 2.24) is 5.32 Å². The molecule has 2 aromatic carbocycles. The first-order valence-corrected chi connectivity index (χ1v) is 8.40. The van der Waals surface area contributed by atoms with Crippen LogP contribution in [0.15, 0.2) is 52.6 Å². The maximum absolute atomic E-state index is 5.71. The number of nitrogens with one attached hydrogen (secondary N) is 1. The van der Waals surface area contributed by atoms with Gasteiger partial charge in [0, 0.05) is 18.5 Å². The lowest BCUT2D eigenvalue weighted by atomic mass is 9.96. The number of oxime groups is 1. The predicted octanol–water partition coefficient (Wildman–Crippen LogP) is 3.52. The molecule has 0 saturated carbocycles. The first-order chi connectivity index (χ1) is 11.7. The molecule has 0 spiro atoms. The van der Waals surface area contributed by atoms with E-state index in [-0.39, 0.29) is 6.10 Å². The maximum atomic E-state index is 5.71. The summed E-state index contributed by atoms with van der Waals surface area (Å²) in [6.07, 6.45) is 0.823. The Balaban J connectivity index is 1.50. The molecule has 2 aliphatic heterocycles. The van der Waals surface area contributed by atoms with E-state index < -0.39 is 0 Å². The summed E-state index contributed by atoms with van der Waals surface area (Å²) in [5.41, 5.74) is 7.01. The van der Waals surface area contributed by atoms with Crippen molar-refractivity contribution in [2.75, 3.05) is 13.1 Å². The highest BCUT2D eigenvalue weighted by molar-refractivity contribution is 6.03. The van der Waals surface area contributed by atoms with Crippen LogP contribution in [0.4, 0.5) is 0 Å². The number of nitrogens with zero attached hydrogens (tertiary/aromatic N) is 2. The summed E-state index contributed by atoms with van der Waals surface area (Å²) in [5.74, 6) is 0.985. The van der Waals surface area contributed by atoms with Gasteiger partial charge < -0.3 is 10.2 Å². The maximum Gasteiger partial charge on any atom is 0.158 e. The van der Waals surface area contributed by atoms with Crippen LogP contribution in [0, 0.1) is 13.8 Å². The summed E-state index contributed by atoms with van der Waals surface area (Å²) in [6, 6.07) is 14.9. The van der Waals surface area contributed by atoms with Crippen molar-refractivity contribution < 1.29 is 4.84 Å². The van der Waals surface area contributed by atoms with Gasteiger partial charge >= 0.3 is 0 Å². The van der Waals surface area contributed by atoms with E-state index >= 15 is 0 Å². The van der Waals surface area contributed by atoms with Crippen LogP contribution in [0.1, 0.15) is 40.3 Å². The van der Waals surface area contributed by atoms with Crippen molar-refractivity contribution in [3.8, 4) is 0 Å². The molecule has 1 unspecified atom stereocenters. The Kier molecular flexibility index (Phi) is 3.81. The van der Waals surface area contributed by atoms with Crippen molar-refractivity contribution in [3.05, 3.63) is 70.3 Å². The Hall–Kier alpha value is -2.62. The van der Waals surface area contributed by atoms with E-state index in [9.17, 15) is 0 Å². The summed E-state index contributed by atoms with van der Waals surface area (Å²) in [6.45, 7) is 6.03. The van der Waals surface area contributed by atoms with Crippen LogP contribution in [0.5, 0.6) is 0 Å². The quantitative estimate of drug-likeness (QED) is 0.941. The number of aryl methyl sites for hydroxylation is 2. The molecule has 4 heteroatoms. The fourth-order valence-electron chi connectivity index (χ4n) is 3.31. The molecular weight excluding hydrogens is 298 g/mol. The second-order valence-corrected chi connectivity index (χ2v) is 6.43. The lowest BCUT2D eigenvalue weighted by Gasteiger charge is -2.12. The second-order valence-electron chi connectivity index (χ2n) is 6.43. The molecule has 0 aromatic heterocycles. The van der Waals surface area contributed by atoms with Crippen molar-refractivity contribution >= 4 is 11.5 Å². The van der Waals surface area contributed by atoms with E-state index in [1.807, 2.05) is 0 Å². The second kappa shape index (κ2) is 6.11. The molecule has 0 bridgehead atoms. The minimum absolute atomic E-state index is 0.0150. The Labute approximate surface area is 142 Å². The molecule has 1 atom stereocenters. The summed E-state index contributed by atoms with van der Waals surface area (Å²) in [4.78, 5) is 10.2. The molecule has 2 aliphatic rings. The topological polar surface area (TPSA) is 46.0 Å². The third-order valence-corrected chi connectivity index (χ3v) is 4.61. The molecule has 122 valence electrons. The number of aliphatic imine (C=N–C) groups is 1. The summed E-state index contributed by atoms with van der Waals surface area (Å²) in [7, 11) is 0. The summed E-state index contributed by atoms with van der Waals surface area (Å²) in [5, 5.41) is 7.62. The lowest BCUT2D eigenvalue weighted by molar-refractivity contribution is 0.0853. The first kappa shape index (κ1) is 14.9. The standard InChI is InChI=1S/C20H21N3O/c1-13-3-8-17(14(2)11-13)19-12-18(23-24-19)15-4-6-16(7-5-15)20-21-9-10-22-20/h3-8,11,19H,9-10,12H2,1-2H3,(H,21,22). The molecule has 4 rings (SSSR count). The molecule has 0 aliphatic carbocycles. The number of rotatable bonds is 3. The van der Waals surface area contributed by atoms with Crippen LogP contribution in [-0.4, -0.2) is 24.6 Å². The van der Waals surface area contributed by atoms with Crippen LogP contribution in [-0.2, 0) is 4.84 Å². The zero-order valence-corrected chi connectivity index (χ0v) is 14.0. The smallest absolute Gasteiger partial charge is 0.158 e. The molecule has 0 radical (unpaired) electrons. The predicted molar refractivity (Wildman–Crippen MR) is 96.7 cm³/mol. The average molecular weight is 319 g/mol. The lowest BCUT2D eigenvalue weighted by Crippen LogP contribution is -2.19. The van der Waals surface area contributed by atoms with Gasteiger partial charge in [-0.25, -0.2) is 0 Å². The normalized spacial score (nSPS) is 19.5. The molecule has 0 amide bonds. The first-order valence-electron chi connectivity index (χ1n) is 8.40. The molecule has 24 heavy (non-hydrogen) atoms. The van der Waals surface area contributed by atoms with Gasteiger partial charge in [0.1, 0.15) is 5.84 Å². The summed E-state index contributed by atoms with van der Waals surface area (Å²) >= 11 is 0. The minimum atomic E-state index is 0.0150.